The first-order valence-electron chi connectivity index (χ1n) is 18.3. The average Bonchev–Trinajstić information content (AvgIpc) is 3.61. The number of rotatable bonds is 3. The van der Waals surface area contributed by atoms with Crippen LogP contribution in [0.1, 0.15) is 124 Å². The maximum atomic E-state index is 6.00. The Labute approximate surface area is 275 Å². The molecular formula is C41H51N3S. The van der Waals surface area contributed by atoms with Gasteiger partial charge in [-0.25, -0.2) is 0 Å². The van der Waals surface area contributed by atoms with Crippen molar-refractivity contribution in [3.63, 3.8) is 0 Å². The normalized spacial score (nSPS) is 39.7. The van der Waals surface area contributed by atoms with Crippen molar-refractivity contribution in [2.45, 2.75) is 113 Å². The minimum absolute atomic E-state index is 0.0695. The summed E-state index contributed by atoms with van der Waals surface area (Å²) < 4.78 is 2.84. The lowest BCUT2D eigenvalue weighted by molar-refractivity contribution is 0.0421. The summed E-state index contributed by atoms with van der Waals surface area (Å²) in [6, 6.07) is 9.91. The number of hydrogen-bond acceptors (Lipinski definition) is 3. The van der Waals surface area contributed by atoms with Crippen LogP contribution in [-0.2, 0) is 6.42 Å². The Morgan fingerprint density at radius 3 is 2.69 bits per heavy atom. The van der Waals surface area contributed by atoms with Gasteiger partial charge in [-0.2, -0.15) is 0 Å². The van der Waals surface area contributed by atoms with E-state index in [4.69, 9.17) is 4.99 Å². The van der Waals surface area contributed by atoms with Gasteiger partial charge in [-0.05, 0) is 104 Å². The van der Waals surface area contributed by atoms with Crippen molar-refractivity contribution >= 4 is 23.5 Å². The van der Waals surface area contributed by atoms with Crippen LogP contribution in [0, 0.1) is 35.5 Å². The second-order valence-corrected chi connectivity index (χ2v) is 17.1. The van der Waals surface area contributed by atoms with E-state index in [1.807, 2.05) is 0 Å². The number of allylic oxidation sites excluding steroid dienone is 5. The molecule has 1 aromatic heterocycles. The van der Waals surface area contributed by atoms with E-state index >= 15 is 0 Å². The number of aliphatic imine (C=N–C) groups is 1. The third-order valence-corrected chi connectivity index (χ3v) is 14.9. The number of nitrogens with zero attached hydrogens (tertiary/aromatic N) is 3. The highest BCUT2D eigenvalue weighted by molar-refractivity contribution is 8.00. The molecule has 2 aromatic rings. The van der Waals surface area contributed by atoms with Crippen LogP contribution >= 0.6 is 11.8 Å². The lowest BCUT2D eigenvalue weighted by Gasteiger charge is -2.50. The smallest absolute Gasteiger partial charge is 0.182 e. The van der Waals surface area contributed by atoms with Gasteiger partial charge in [0, 0.05) is 45.8 Å². The van der Waals surface area contributed by atoms with E-state index in [1.54, 1.807) is 28.2 Å². The van der Waals surface area contributed by atoms with Crippen LogP contribution < -0.4 is 0 Å². The SMILES string of the molecule is CC1CCC(CC2=NC(n3c4c(c5c3C3Sc6ccccc6C3C3C=CC=CC53)C=CCC4)N(C)C3CCCC(C)C23)CC1C. The molecule has 0 bridgehead atoms. The van der Waals surface area contributed by atoms with Crippen molar-refractivity contribution in [2.75, 3.05) is 7.05 Å². The minimum Gasteiger partial charge on any atom is -0.312 e. The molecular weight excluding hydrogens is 567 g/mol. The van der Waals surface area contributed by atoms with Crippen LogP contribution in [0.4, 0.5) is 0 Å². The Kier molecular flexibility index (Phi) is 7.16. The zero-order valence-electron chi connectivity index (χ0n) is 27.7. The maximum Gasteiger partial charge on any atom is 0.182 e. The van der Waals surface area contributed by atoms with E-state index in [1.165, 1.54) is 55.4 Å². The van der Waals surface area contributed by atoms with Crippen molar-refractivity contribution in [2.24, 2.45) is 40.5 Å². The van der Waals surface area contributed by atoms with E-state index in [2.05, 4.69) is 110 Å². The summed E-state index contributed by atoms with van der Waals surface area (Å²) in [5, 5.41) is 0.435. The van der Waals surface area contributed by atoms with Crippen molar-refractivity contribution in [3.8, 4) is 0 Å². The molecule has 9 rings (SSSR count). The molecule has 45 heavy (non-hydrogen) atoms. The van der Waals surface area contributed by atoms with Crippen molar-refractivity contribution in [3.05, 3.63) is 82.7 Å². The summed E-state index contributed by atoms with van der Waals surface area (Å²) in [5.74, 6) is 5.31. The van der Waals surface area contributed by atoms with Gasteiger partial charge in [0.2, 0.25) is 0 Å². The molecule has 11 unspecified atom stereocenters. The van der Waals surface area contributed by atoms with Crippen molar-refractivity contribution in [1.82, 2.24) is 9.47 Å². The second kappa shape index (κ2) is 11.2. The Morgan fingerprint density at radius 1 is 0.933 bits per heavy atom. The Morgan fingerprint density at radius 2 is 1.80 bits per heavy atom. The lowest BCUT2D eigenvalue weighted by Crippen LogP contribution is -2.53. The molecule has 4 heteroatoms. The van der Waals surface area contributed by atoms with Gasteiger partial charge in [-0.15, -0.1) is 11.8 Å². The molecule has 5 aliphatic carbocycles. The van der Waals surface area contributed by atoms with Crippen LogP contribution in [0.2, 0.25) is 0 Å². The molecule has 0 N–H and O–H groups in total. The Balaban J connectivity index is 1.22. The minimum atomic E-state index is 0.0695. The fourth-order valence-electron chi connectivity index (χ4n) is 11.1. The van der Waals surface area contributed by atoms with Gasteiger partial charge in [0.25, 0.3) is 0 Å². The first kappa shape index (κ1) is 28.9. The van der Waals surface area contributed by atoms with Crippen LogP contribution in [-0.4, -0.2) is 28.3 Å². The predicted octanol–water partition coefficient (Wildman–Crippen LogP) is 10.3. The highest BCUT2D eigenvalue weighted by Gasteiger charge is 2.52. The van der Waals surface area contributed by atoms with Crippen molar-refractivity contribution < 1.29 is 0 Å². The molecule has 7 aliphatic rings. The summed E-state index contributed by atoms with van der Waals surface area (Å²) in [4.78, 5) is 10.2. The monoisotopic (exact) mass is 617 g/mol. The molecule has 0 spiro atoms. The maximum absolute atomic E-state index is 6.00. The van der Waals surface area contributed by atoms with Crippen LogP contribution in [0.3, 0.4) is 0 Å². The molecule has 2 saturated carbocycles. The fraction of sp³-hybridized carbons (Fsp3) is 0.585. The number of hydrogen-bond donors (Lipinski definition) is 0. The third-order valence-electron chi connectivity index (χ3n) is 13.5. The van der Waals surface area contributed by atoms with E-state index in [0.717, 1.165) is 36.5 Å². The fourth-order valence-corrected chi connectivity index (χ4v) is 12.7. The summed E-state index contributed by atoms with van der Waals surface area (Å²) in [6.07, 6.45) is 26.4. The number of benzene rings is 1. The molecule has 0 amide bonds. The molecule has 11 atom stereocenters. The number of fused-ring (bicyclic) bond motifs is 11. The molecule has 0 radical (unpaired) electrons. The zero-order valence-corrected chi connectivity index (χ0v) is 28.6. The Hall–Kier alpha value is -2.30. The van der Waals surface area contributed by atoms with E-state index in [9.17, 15) is 0 Å². The van der Waals surface area contributed by atoms with Gasteiger partial charge in [-0.3, -0.25) is 9.89 Å². The summed E-state index contributed by atoms with van der Waals surface area (Å²) in [5.41, 5.74) is 9.45. The zero-order chi connectivity index (χ0) is 30.4. The number of aromatic nitrogens is 1. The second-order valence-electron chi connectivity index (χ2n) is 15.9. The largest absolute Gasteiger partial charge is 0.312 e. The topological polar surface area (TPSA) is 20.5 Å². The average molecular weight is 618 g/mol. The molecule has 2 aliphatic heterocycles. The van der Waals surface area contributed by atoms with Crippen LogP contribution in [0.15, 0.2) is 64.5 Å². The van der Waals surface area contributed by atoms with Crippen LogP contribution in [0.25, 0.3) is 6.08 Å². The molecule has 3 heterocycles. The van der Waals surface area contributed by atoms with Gasteiger partial charge < -0.3 is 4.57 Å². The molecule has 1 aromatic carbocycles. The van der Waals surface area contributed by atoms with E-state index in [0.29, 0.717) is 35.0 Å². The standard InChI is InChI=1S/C41H51N3S/c1-24-20-21-27(22-26(24)3)23-32-36-25(2)12-11-18-34(36)43(4)41(42-32)44-33-17-9-7-15-30(33)37-28-13-5-6-14-29(28)38-31-16-8-10-19-35(31)45-40(38)39(37)44/h5-8,10,13-16,19,24-29,34,36,38,40-41H,9,11-12,17-18,20-23H2,1-4H3. The summed E-state index contributed by atoms with van der Waals surface area (Å²) in [6.45, 7) is 7.52. The molecule has 2 fully saturated rings. The van der Waals surface area contributed by atoms with Gasteiger partial charge in [0.1, 0.15) is 0 Å². The molecule has 0 saturated heterocycles. The van der Waals surface area contributed by atoms with E-state index < -0.39 is 0 Å². The summed E-state index contributed by atoms with van der Waals surface area (Å²) in [7, 11) is 2.44. The first-order valence-corrected chi connectivity index (χ1v) is 19.2. The molecule has 3 nitrogen and oxygen atoms in total. The predicted molar refractivity (Wildman–Crippen MR) is 189 cm³/mol. The van der Waals surface area contributed by atoms with Gasteiger partial charge >= 0.3 is 0 Å². The highest BCUT2D eigenvalue weighted by Crippen LogP contribution is 2.66. The Bertz CT molecular complexity index is 1610. The summed E-state index contributed by atoms with van der Waals surface area (Å²) >= 11 is 2.14. The van der Waals surface area contributed by atoms with Gasteiger partial charge in [-0.1, -0.05) is 88.3 Å². The lowest BCUT2D eigenvalue weighted by atomic mass is 9.66. The third kappa shape index (κ3) is 4.44. The van der Waals surface area contributed by atoms with Crippen molar-refractivity contribution in [1.29, 1.82) is 0 Å². The highest BCUT2D eigenvalue weighted by atomic mass is 32.2. The first-order chi connectivity index (χ1) is 22.0. The molecule has 236 valence electrons. The number of thioether (sulfide) groups is 1. The quantitative estimate of drug-likeness (QED) is 0.342. The van der Waals surface area contributed by atoms with Gasteiger partial charge in [0.05, 0.1) is 5.25 Å². The van der Waals surface area contributed by atoms with Crippen LogP contribution in [0.5, 0.6) is 0 Å². The van der Waals surface area contributed by atoms with Gasteiger partial charge in [0.15, 0.2) is 6.29 Å². The van der Waals surface area contributed by atoms with E-state index in [-0.39, 0.29) is 6.29 Å².